The molecule has 7 aromatic rings. The molecule has 254 valence electrons. The smallest absolute Gasteiger partial charge is 0.0555 e. The summed E-state index contributed by atoms with van der Waals surface area (Å²) in [4.78, 5) is 2.50. The lowest BCUT2D eigenvalue weighted by atomic mass is 9.73. The molecule has 0 N–H and O–H groups in total. The first-order chi connectivity index (χ1) is 26.2. The molecule has 0 fully saturated rings. The number of benzene rings is 6. The Morgan fingerprint density at radius 1 is 0.642 bits per heavy atom. The number of hydrogen-bond donors (Lipinski definition) is 0. The number of allylic oxidation sites excluding steroid dienone is 10. The molecule has 0 aliphatic heterocycles. The molecule has 0 radical (unpaired) electrons. The van der Waals surface area contributed by atoms with Gasteiger partial charge in [-0.3, -0.25) is 0 Å². The molecule has 0 saturated heterocycles. The van der Waals surface area contributed by atoms with Gasteiger partial charge in [0.15, 0.2) is 0 Å². The Hall–Kier alpha value is -6.22. The summed E-state index contributed by atoms with van der Waals surface area (Å²) in [5.41, 5.74) is 12.7. The van der Waals surface area contributed by atoms with Gasteiger partial charge in [0.05, 0.1) is 17.1 Å². The molecular formula is C51H39NS. The van der Waals surface area contributed by atoms with E-state index in [-0.39, 0.29) is 5.92 Å². The maximum atomic E-state index is 4.88. The van der Waals surface area contributed by atoms with Crippen molar-refractivity contribution in [1.29, 1.82) is 0 Å². The van der Waals surface area contributed by atoms with Crippen LogP contribution in [0.15, 0.2) is 212 Å². The minimum atomic E-state index is 0.273. The van der Waals surface area contributed by atoms with Crippen molar-refractivity contribution in [3.05, 3.63) is 229 Å². The van der Waals surface area contributed by atoms with Crippen molar-refractivity contribution in [2.45, 2.75) is 12.8 Å². The first kappa shape index (κ1) is 32.7. The molecule has 2 aliphatic rings. The normalized spacial score (nSPS) is 16.7. The number of hydrogen-bond acceptors (Lipinski definition) is 2. The first-order valence-electron chi connectivity index (χ1n) is 18.3. The highest BCUT2D eigenvalue weighted by Crippen LogP contribution is 2.49. The van der Waals surface area contributed by atoms with Crippen LogP contribution in [0.4, 0.5) is 11.4 Å². The minimum Gasteiger partial charge on any atom is -0.309 e. The van der Waals surface area contributed by atoms with Gasteiger partial charge in [-0.25, -0.2) is 0 Å². The van der Waals surface area contributed by atoms with Gasteiger partial charge >= 0.3 is 0 Å². The molecule has 2 atom stereocenters. The third-order valence-electron chi connectivity index (χ3n) is 10.5. The standard InChI is InChI=1S/C51H39NS/c1-3-39(36-19-6-4-7-20-36)48(33-35(2)45-34-38-23-10-11-24-40(38)42-26-12-13-27-43(42)45)52(46-29-16-14-25-41(46)37-21-8-5-9-22-37)47-30-18-32-50-51(47)44-28-15-17-31-49(44)53-50/h3-34,38,40H,2H2,1H3/b39-3-,48-33+. The highest BCUT2D eigenvalue weighted by molar-refractivity contribution is 7.26. The van der Waals surface area contributed by atoms with Gasteiger partial charge in [0.25, 0.3) is 0 Å². The zero-order chi connectivity index (χ0) is 35.7. The largest absolute Gasteiger partial charge is 0.309 e. The van der Waals surface area contributed by atoms with E-state index in [4.69, 9.17) is 6.58 Å². The fourth-order valence-electron chi connectivity index (χ4n) is 8.14. The molecule has 1 aromatic heterocycles. The second-order valence-electron chi connectivity index (χ2n) is 13.6. The average molecular weight is 698 g/mol. The summed E-state index contributed by atoms with van der Waals surface area (Å²) < 4.78 is 2.54. The zero-order valence-electron chi connectivity index (χ0n) is 29.7. The van der Waals surface area contributed by atoms with E-state index in [0.717, 1.165) is 39.3 Å². The average Bonchev–Trinajstić information content (AvgIpc) is 3.61. The van der Waals surface area contributed by atoms with E-state index >= 15 is 0 Å². The molecule has 0 bridgehead atoms. The lowest BCUT2D eigenvalue weighted by molar-refractivity contribution is 0.689. The number of nitrogens with zero attached hydrogens (tertiary/aromatic N) is 1. The predicted octanol–water partition coefficient (Wildman–Crippen LogP) is 14.3. The Balaban J connectivity index is 1.35. The Morgan fingerprint density at radius 3 is 2.13 bits per heavy atom. The fourth-order valence-corrected chi connectivity index (χ4v) is 9.26. The summed E-state index contributed by atoms with van der Waals surface area (Å²) in [5, 5.41) is 2.51. The van der Waals surface area contributed by atoms with Crippen LogP contribution in [0.5, 0.6) is 0 Å². The highest BCUT2D eigenvalue weighted by atomic mass is 32.1. The van der Waals surface area contributed by atoms with E-state index < -0.39 is 0 Å². The van der Waals surface area contributed by atoms with Gasteiger partial charge in [-0.1, -0.05) is 170 Å². The van der Waals surface area contributed by atoms with Crippen LogP contribution in [0.3, 0.4) is 0 Å². The Morgan fingerprint density at radius 2 is 1.30 bits per heavy atom. The Bertz CT molecular complexity index is 2650. The number of anilines is 2. The molecule has 2 unspecified atom stereocenters. The van der Waals surface area contributed by atoms with Crippen molar-refractivity contribution in [2.24, 2.45) is 5.92 Å². The monoisotopic (exact) mass is 697 g/mol. The van der Waals surface area contributed by atoms with Crippen LogP contribution in [0, 0.1) is 5.92 Å². The van der Waals surface area contributed by atoms with Crippen LogP contribution in [-0.2, 0) is 0 Å². The van der Waals surface area contributed by atoms with E-state index in [2.05, 4.69) is 206 Å². The third kappa shape index (κ3) is 5.92. The molecular weight excluding hydrogens is 659 g/mol. The fraction of sp³-hybridized carbons (Fsp3) is 0.0588. The van der Waals surface area contributed by atoms with Crippen molar-refractivity contribution in [2.75, 3.05) is 4.90 Å². The van der Waals surface area contributed by atoms with Crippen LogP contribution >= 0.6 is 11.3 Å². The maximum absolute atomic E-state index is 4.88. The molecule has 2 aliphatic carbocycles. The molecule has 6 aromatic carbocycles. The quantitative estimate of drug-likeness (QED) is 0.143. The summed E-state index contributed by atoms with van der Waals surface area (Å²) in [6, 6.07) is 54.8. The number of rotatable bonds is 8. The Labute approximate surface area is 316 Å². The molecule has 0 spiro atoms. The SMILES string of the molecule is C=C(/C=C(\C(=C/C)c1ccccc1)N(c1ccccc1-c1ccccc1)c1cccc2sc3ccccc3c12)C1=CC2C=CC=CC2c2ccccc21. The maximum Gasteiger partial charge on any atom is 0.0555 e. The molecule has 1 heterocycles. The van der Waals surface area contributed by atoms with Gasteiger partial charge < -0.3 is 4.90 Å². The first-order valence-corrected chi connectivity index (χ1v) is 19.2. The highest BCUT2D eigenvalue weighted by Gasteiger charge is 2.30. The van der Waals surface area contributed by atoms with Crippen molar-refractivity contribution in [3.8, 4) is 11.1 Å². The summed E-state index contributed by atoms with van der Waals surface area (Å²) >= 11 is 1.85. The van der Waals surface area contributed by atoms with Crippen molar-refractivity contribution in [1.82, 2.24) is 0 Å². The van der Waals surface area contributed by atoms with Crippen LogP contribution in [-0.4, -0.2) is 0 Å². The second-order valence-corrected chi connectivity index (χ2v) is 14.7. The lowest BCUT2D eigenvalue weighted by Gasteiger charge is -2.34. The minimum absolute atomic E-state index is 0.273. The molecule has 9 rings (SSSR count). The molecule has 53 heavy (non-hydrogen) atoms. The van der Waals surface area contributed by atoms with Crippen LogP contribution in [0.2, 0.25) is 0 Å². The third-order valence-corrected chi connectivity index (χ3v) is 11.7. The number of thiophene rings is 1. The molecule has 0 saturated carbocycles. The lowest BCUT2D eigenvalue weighted by Crippen LogP contribution is -2.20. The number of fused-ring (bicyclic) bond motifs is 6. The number of para-hydroxylation sites is 1. The molecule has 1 nitrogen and oxygen atoms in total. The van der Waals surface area contributed by atoms with Crippen molar-refractivity contribution in [3.63, 3.8) is 0 Å². The summed E-state index contributed by atoms with van der Waals surface area (Å²) in [6.07, 6.45) is 16.0. The molecule has 2 heteroatoms. The van der Waals surface area contributed by atoms with Crippen LogP contribution in [0.25, 0.3) is 42.4 Å². The predicted molar refractivity (Wildman–Crippen MR) is 230 cm³/mol. The van der Waals surface area contributed by atoms with E-state index in [1.54, 1.807) is 0 Å². The van der Waals surface area contributed by atoms with Crippen LogP contribution in [0.1, 0.15) is 29.5 Å². The Kier molecular flexibility index (Phi) is 8.67. The van der Waals surface area contributed by atoms with Gasteiger partial charge in [-0.2, -0.15) is 0 Å². The van der Waals surface area contributed by atoms with Gasteiger partial charge in [0, 0.05) is 43.1 Å². The zero-order valence-corrected chi connectivity index (χ0v) is 30.5. The summed E-state index contributed by atoms with van der Waals surface area (Å²) in [5.74, 6) is 0.597. The van der Waals surface area contributed by atoms with E-state index in [0.29, 0.717) is 5.92 Å². The van der Waals surface area contributed by atoms with E-state index in [1.165, 1.54) is 42.4 Å². The second kappa shape index (κ2) is 14.1. The van der Waals surface area contributed by atoms with Gasteiger partial charge in [-0.15, -0.1) is 11.3 Å². The van der Waals surface area contributed by atoms with Crippen LogP contribution < -0.4 is 4.90 Å². The van der Waals surface area contributed by atoms with Crippen molar-refractivity contribution < 1.29 is 0 Å². The van der Waals surface area contributed by atoms with Gasteiger partial charge in [-0.05, 0) is 70.7 Å². The van der Waals surface area contributed by atoms with Gasteiger partial charge in [0.2, 0.25) is 0 Å². The summed E-state index contributed by atoms with van der Waals surface area (Å²) in [6.45, 7) is 7.03. The topological polar surface area (TPSA) is 3.24 Å². The summed E-state index contributed by atoms with van der Waals surface area (Å²) in [7, 11) is 0. The van der Waals surface area contributed by atoms with E-state index in [9.17, 15) is 0 Å². The molecule has 0 amide bonds. The van der Waals surface area contributed by atoms with E-state index in [1.807, 2.05) is 11.3 Å². The van der Waals surface area contributed by atoms with Crippen molar-refractivity contribution >= 4 is 54.0 Å². The van der Waals surface area contributed by atoms with Gasteiger partial charge in [0.1, 0.15) is 0 Å².